The molecular weight excluding hydrogens is 178 g/mol. The predicted octanol–water partition coefficient (Wildman–Crippen LogP) is 1.09. The molecule has 0 aliphatic carbocycles. The summed E-state index contributed by atoms with van der Waals surface area (Å²) < 4.78 is 5.33. The first-order valence-corrected chi connectivity index (χ1v) is 4.69. The monoisotopic (exact) mass is 195 g/mol. The molecule has 0 spiro atoms. The van der Waals surface area contributed by atoms with Crippen LogP contribution >= 0.6 is 0 Å². The zero-order valence-electron chi connectivity index (χ0n) is 8.55. The first kappa shape index (κ1) is 10.9. The van der Waals surface area contributed by atoms with Crippen LogP contribution in [0, 0.1) is 0 Å². The van der Waals surface area contributed by atoms with Gasteiger partial charge in [0.2, 0.25) is 0 Å². The highest BCUT2D eigenvalue weighted by Gasteiger charge is 1.92. The summed E-state index contributed by atoms with van der Waals surface area (Å²) in [5.41, 5.74) is 2.14. The maximum atomic E-state index is 5.33. The van der Waals surface area contributed by atoms with Crippen molar-refractivity contribution in [2.75, 3.05) is 19.8 Å². The molecule has 4 nitrogen and oxygen atoms in total. The summed E-state index contributed by atoms with van der Waals surface area (Å²) in [6, 6.07) is 0. The van der Waals surface area contributed by atoms with Crippen molar-refractivity contribution in [3.63, 3.8) is 0 Å². The van der Waals surface area contributed by atoms with Gasteiger partial charge in [-0.05, 0) is 6.92 Å². The van der Waals surface area contributed by atoms with E-state index >= 15 is 0 Å². The van der Waals surface area contributed by atoms with E-state index < -0.39 is 0 Å². The first-order chi connectivity index (χ1) is 6.79. The Morgan fingerprint density at radius 1 is 1.71 bits per heavy atom. The minimum absolute atomic E-state index is 0.645. The van der Waals surface area contributed by atoms with Crippen molar-refractivity contribution in [3.05, 3.63) is 30.4 Å². The summed E-state index contributed by atoms with van der Waals surface area (Å²) in [4.78, 5) is 6.94. The Morgan fingerprint density at radius 2 is 2.57 bits per heavy atom. The number of nitrogens with zero attached hydrogens (tertiary/aromatic N) is 1. The molecule has 1 rings (SSSR count). The van der Waals surface area contributed by atoms with Crippen molar-refractivity contribution < 1.29 is 4.74 Å². The minimum atomic E-state index is 0.645. The van der Waals surface area contributed by atoms with Crippen LogP contribution in [0.15, 0.2) is 24.7 Å². The van der Waals surface area contributed by atoms with Crippen LogP contribution in [-0.2, 0) is 11.3 Å². The van der Waals surface area contributed by atoms with E-state index in [1.807, 2.05) is 13.1 Å². The van der Waals surface area contributed by atoms with Crippen LogP contribution < -0.4 is 5.32 Å². The summed E-state index contributed by atoms with van der Waals surface area (Å²) in [7, 11) is 0. The highest BCUT2D eigenvalue weighted by Crippen LogP contribution is 1.89. The van der Waals surface area contributed by atoms with E-state index in [-0.39, 0.29) is 0 Å². The summed E-state index contributed by atoms with van der Waals surface area (Å²) in [6.45, 7) is 8.71. The molecule has 0 aliphatic rings. The molecule has 0 unspecified atom stereocenters. The SMILES string of the molecule is C=C(C)COCCNCc1cnc[nH]1. The third-order valence-corrected chi connectivity index (χ3v) is 1.64. The first-order valence-electron chi connectivity index (χ1n) is 4.69. The molecule has 0 bridgehead atoms. The third-order valence-electron chi connectivity index (χ3n) is 1.64. The van der Waals surface area contributed by atoms with Gasteiger partial charge < -0.3 is 15.0 Å². The van der Waals surface area contributed by atoms with Crippen LogP contribution in [0.4, 0.5) is 0 Å². The Hall–Kier alpha value is -1.13. The van der Waals surface area contributed by atoms with Gasteiger partial charge in [0, 0.05) is 25.0 Å². The van der Waals surface area contributed by atoms with Crippen molar-refractivity contribution in [2.45, 2.75) is 13.5 Å². The second-order valence-corrected chi connectivity index (χ2v) is 3.26. The summed E-state index contributed by atoms with van der Waals surface area (Å²) in [5.74, 6) is 0. The third kappa shape index (κ3) is 4.79. The van der Waals surface area contributed by atoms with Gasteiger partial charge in [0.15, 0.2) is 0 Å². The second kappa shape index (κ2) is 6.34. The lowest BCUT2D eigenvalue weighted by molar-refractivity contribution is 0.157. The average molecular weight is 195 g/mol. The molecule has 0 aliphatic heterocycles. The maximum Gasteiger partial charge on any atom is 0.0922 e. The molecule has 1 aromatic heterocycles. The molecule has 0 radical (unpaired) electrons. The maximum absolute atomic E-state index is 5.33. The smallest absolute Gasteiger partial charge is 0.0922 e. The molecule has 0 amide bonds. The van der Waals surface area contributed by atoms with Gasteiger partial charge in [-0.1, -0.05) is 12.2 Å². The van der Waals surface area contributed by atoms with Crippen LogP contribution in [-0.4, -0.2) is 29.7 Å². The van der Waals surface area contributed by atoms with Crippen molar-refractivity contribution in [1.82, 2.24) is 15.3 Å². The van der Waals surface area contributed by atoms with Gasteiger partial charge in [0.1, 0.15) is 0 Å². The van der Waals surface area contributed by atoms with Crippen LogP contribution in [0.3, 0.4) is 0 Å². The molecular formula is C10H17N3O. The van der Waals surface area contributed by atoms with Gasteiger partial charge in [-0.2, -0.15) is 0 Å². The van der Waals surface area contributed by atoms with Crippen LogP contribution in [0.1, 0.15) is 12.6 Å². The lowest BCUT2D eigenvalue weighted by Crippen LogP contribution is -2.19. The molecule has 0 aromatic carbocycles. The highest BCUT2D eigenvalue weighted by atomic mass is 16.5. The molecule has 78 valence electrons. The second-order valence-electron chi connectivity index (χ2n) is 3.26. The summed E-state index contributed by atoms with van der Waals surface area (Å²) in [5, 5.41) is 3.24. The fraction of sp³-hybridized carbons (Fsp3) is 0.500. The van der Waals surface area contributed by atoms with Crippen molar-refractivity contribution >= 4 is 0 Å². The number of rotatable bonds is 7. The predicted molar refractivity (Wildman–Crippen MR) is 55.9 cm³/mol. The van der Waals surface area contributed by atoms with Crippen LogP contribution in [0.25, 0.3) is 0 Å². The van der Waals surface area contributed by atoms with Crippen LogP contribution in [0.5, 0.6) is 0 Å². The van der Waals surface area contributed by atoms with E-state index in [0.717, 1.165) is 24.4 Å². The fourth-order valence-electron chi connectivity index (χ4n) is 0.995. The standard InChI is InChI=1S/C10H17N3O/c1-9(2)7-14-4-3-11-5-10-6-12-8-13-10/h6,8,11H,1,3-5,7H2,2H3,(H,12,13). The van der Waals surface area contributed by atoms with Gasteiger partial charge in [-0.3, -0.25) is 0 Å². The van der Waals surface area contributed by atoms with Crippen molar-refractivity contribution in [1.29, 1.82) is 0 Å². The Balaban J connectivity index is 1.92. The number of aromatic amines is 1. The molecule has 0 atom stereocenters. The quantitative estimate of drug-likeness (QED) is 0.506. The van der Waals surface area contributed by atoms with E-state index in [1.54, 1.807) is 6.33 Å². The van der Waals surface area contributed by atoms with Gasteiger partial charge in [-0.15, -0.1) is 0 Å². The van der Waals surface area contributed by atoms with E-state index in [9.17, 15) is 0 Å². The van der Waals surface area contributed by atoms with Crippen LogP contribution in [0.2, 0.25) is 0 Å². The summed E-state index contributed by atoms with van der Waals surface area (Å²) >= 11 is 0. The van der Waals surface area contributed by atoms with Crippen molar-refractivity contribution in [3.8, 4) is 0 Å². The topological polar surface area (TPSA) is 49.9 Å². The van der Waals surface area contributed by atoms with Crippen molar-refractivity contribution in [2.24, 2.45) is 0 Å². The number of ether oxygens (including phenoxy) is 1. The van der Waals surface area contributed by atoms with E-state index in [1.165, 1.54) is 0 Å². The Labute approximate surface area is 84.4 Å². The van der Waals surface area contributed by atoms with Gasteiger partial charge >= 0.3 is 0 Å². The van der Waals surface area contributed by atoms with Gasteiger partial charge in [0.05, 0.1) is 19.5 Å². The van der Waals surface area contributed by atoms with E-state index in [0.29, 0.717) is 13.2 Å². The molecule has 4 heteroatoms. The Morgan fingerprint density at radius 3 is 3.21 bits per heavy atom. The number of hydrogen-bond acceptors (Lipinski definition) is 3. The molecule has 0 fully saturated rings. The van der Waals surface area contributed by atoms with E-state index in [4.69, 9.17) is 4.74 Å². The molecule has 0 saturated heterocycles. The normalized spacial score (nSPS) is 10.4. The van der Waals surface area contributed by atoms with E-state index in [2.05, 4.69) is 21.9 Å². The highest BCUT2D eigenvalue weighted by molar-refractivity contribution is 4.92. The lowest BCUT2D eigenvalue weighted by Gasteiger charge is -2.04. The molecule has 0 saturated carbocycles. The molecule has 1 aromatic rings. The average Bonchev–Trinajstić information content (AvgIpc) is 2.63. The molecule has 14 heavy (non-hydrogen) atoms. The number of nitrogens with one attached hydrogen (secondary N) is 2. The minimum Gasteiger partial charge on any atom is -0.376 e. The number of aromatic nitrogens is 2. The zero-order chi connectivity index (χ0) is 10.2. The zero-order valence-corrected chi connectivity index (χ0v) is 8.55. The molecule has 1 heterocycles. The van der Waals surface area contributed by atoms with Gasteiger partial charge in [0.25, 0.3) is 0 Å². The number of H-pyrrole nitrogens is 1. The Bertz CT molecular complexity index is 256. The fourth-order valence-corrected chi connectivity index (χ4v) is 0.995. The Kier molecular flexibility index (Phi) is 4.96. The number of hydrogen-bond donors (Lipinski definition) is 2. The summed E-state index contributed by atoms with van der Waals surface area (Å²) in [6.07, 6.45) is 3.48. The largest absolute Gasteiger partial charge is 0.376 e. The number of imidazole rings is 1. The molecule has 2 N–H and O–H groups in total. The van der Waals surface area contributed by atoms with Gasteiger partial charge in [-0.25, -0.2) is 4.98 Å². The lowest BCUT2D eigenvalue weighted by atomic mass is 10.4.